The summed E-state index contributed by atoms with van der Waals surface area (Å²) in [6.45, 7) is 1.52. The van der Waals surface area contributed by atoms with E-state index >= 15 is 0 Å². The maximum absolute atomic E-state index is 13.1. The fourth-order valence-electron chi connectivity index (χ4n) is 3.39. The third-order valence-electron chi connectivity index (χ3n) is 5.10. The molecule has 1 aliphatic heterocycles. The predicted octanol–water partition coefficient (Wildman–Crippen LogP) is 0.785. The number of hydrogen-bond acceptors (Lipinski definition) is 7. The van der Waals surface area contributed by atoms with Crippen molar-refractivity contribution in [3.05, 3.63) is 30.5 Å². The molecule has 2 amide bonds. The third-order valence-corrected chi connectivity index (χ3v) is 5.10. The van der Waals surface area contributed by atoms with E-state index in [4.69, 9.17) is 4.74 Å². The van der Waals surface area contributed by atoms with E-state index < -0.39 is 24.7 Å². The molecule has 34 heavy (non-hydrogen) atoms. The van der Waals surface area contributed by atoms with Gasteiger partial charge in [-0.1, -0.05) is 0 Å². The number of fused-ring (bicyclic) bond motifs is 1. The van der Waals surface area contributed by atoms with Crippen molar-refractivity contribution in [2.75, 3.05) is 38.2 Å². The molecule has 1 saturated heterocycles. The first-order chi connectivity index (χ1) is 16.2. The van der Waals surface area contributed by atoms with Crippen molar-refractivity contribution in [1.29, 1.82) is 0 Å². The number of amides is 2. The number of ether oxygens (including phenoxy) is 1. The van der Waals surface area contributed by atoms with E-state index in [1.807, 2.05) is 5.32 Å². The molecule has 0 aliphatic carbocycles. The number of nitrogens with zero attached hydrogens (tertiary/aromatic N) is 4. The van der Waals surface area contributed by atoms with Crippen molar-refractivity contribution in [1.82, 2.24) is 30.2 Å². The van der Waals surface area contributed by atoms with Crippen molar-refractivity contribution in [2.45, 2.75) is 19.1 Å². The lowest BCUT2D eigenvalue weighted by Crippen LogP contribution is -2.42. The van der Waals surface area contributed by atoms with Gasteiger partial charge in [-0.25, -0.2) is 15.0 Å². The van der Waals surface area contributed by atoms with Gasteiger partial charge in [-0.2, -0.15) is 13.2 Å². The summed E-state index contributed by atoms with van der Waals surface area (Å²) in [6, 6.07) is 0.308. The Morgan fingerprint density at radius 3 is 2.79 bits per heavy atom. The van der Waals surface area contributed by atoms with Gasteiger partial charge in [-0.15, -0.1) is 0 Å². The number of rotatable bonds is 6. The predicted molar refractivity (Wildman–Crippen MR) is 113 cm³/mol. The van der Waals surface area contributed by atoms with Crippen LogP contribution in [0.5, 0.6) is 0 Å². The molecule has 3 aromatic heterocycles. The molecule has 180 valence electrons. The van der Waals surface area contributed by atoms with Crippen LogP contribution in [-0.2, 0) is 9.53 Å². The number of hydrogen-bond donors (Lipinski definition) is 3. The van der Waals surface area contributed by atoms with Gasteiger partial charge in [0.15, 0.2) is 5.82 Å². The third kappa shape index (κ3) is 5.39. The lowest BCUT2D eigenvalue weighted by molar-refractivity contribution is -0.380. The van der Waals surface area contributed by atoms with Crippen molar-refractivity contribution >= 4 is 28.7 Å². The highest BCUT2D eigenvalue weighted by molar-refractivity contribution is 5.95. The van der Waals surface area contributed by atoms with Crippen LogP contribution >= 0.6 is 0 Å². The molecule has 11 nitrogen and oxygen atoms in total. The van der Waals surface area contributed by atoms with Gasteiger partial charge in [-0.3, -0.25) is 9.59 Å². The molecule has 0 bridgehead atoms. The molecule has 1 aliphatic rings. The number of carbonyl (C=O) groups excluding carboxylic acids is 2. The van der Waals surface area contributed by atoms with Crippen LogP contribution in [0.4, 0.5) is 19.0 Å². The number of morpholine rings is 1. The molecule has 1 fully saturated rings. The average molecular weight is 479 g/mol. The number of alkyl halides is 3. The molecule has 4 N–H and O–H groups in total. The Morgan fingerprint density at radius 1 is 1.29 bits per heavy atom. The van der Waals surface area contributed by atoms with Crippen molar-refractivity contribution < 1.29 is 32.5 Å². The Hall–Kier alpha value is -3.81. The van der Waals surface area contributed by atoms with Gasteiger partial charge < -0.3 is 25.3 Å². The number of carbonyl (C=O) groups is 2. The molecular formula is C20H22F3N8O3+. The van der Waals surface area contributed by atoms with Crippen LogP contribution in [0.25, 0.3) is 22.4 Å². The second kappa shape index (κ2) is 9.59. The van der Waals surface area contributed by atoms with E-state index in [1.165, 1.54) is 19.3 Å². The van der Waals surface area contributed by atoms with Gasteiger partial charge in [0.05, 0.1) is 24.2 Å². The van der Waals surface area contributed by atoms with Crippen molar-refractivity contribution in [2.24, 2.45) is 0 Å². The lowest BCUT2D eigenvalue weighted by atomic mass is 10.2. The maximum Gasteiger partial charge on any atom is 0.405 e. The number of anilines is 1. The Labute approximate surface area is 191 Å². The Bertz CT molecular complexity index is 1190. The van der Waals surface area contributed by atoms with Crippen LogP contribution in [0, 0.1) is 0 Å². The van der Waals surface area contributed by atoms with Gasteiger partial charge >= 0.3 is 6.18 Å². The van der Waals surface area contributed by atoms with Crippen LogP contribution < -0.4 is 15.6 Å². The zero-order chi connectivity index (χ0) is 24.3. The molecular weight excluding hydrogens is 457 g/mol. The van der Waals surface area contributed by atoms with Gasteiger partial charge in [0, 0.05) is 25.4 Å². The smallest absolute Gasteiger partial charge is 0.378 e. The Balaban J connectivity index is 1.65. The number of aromatic nitrogens is 5. The highest BCUT2D eigenvalue weighted by Gasteiger charge is 2.29. The van der Waals surface area contributed by atoms with E-state index in [1.54, 1.807) is 17.3 Å². The highest BCUT2D eigenvalue weighted by Crippen LogP contribution is 2.26. The Kier molecular flexibility index (Phi) is 6.58. The summed E-state index contributed by atoms with van der Waals surface area (Å²) in [4.78, 5) is 45.7. The van der Waals surface area contributed by atoms with Gasteiger partial charge in [0.2, 0.25) is 5.91 Å². The van der Waals surface area contributed by atoms with Crippen molar-refractivity contribution in [3.8, 4) is 11.4 Å². The second-order valence-corrected chi connectivity index (χ2v) is 7.60. The highest BCUT2D eigenvalue weighted by atomic mass is 19.4. The summed E-state index contributed by atoms with van der Waals surface area (Å²) in [6.07, 6.45) is 0.285. The molecule has 0 spiro atoms. The summed E-state index contributed by atoms with van der Waals surface area (Å²) >= 11 is 0. The Morgan fingerprint density at radius 2 is 2.06 bits per heavy atom. The normalized spacial score (nSPS) is 15.2. The first-order valence-electron chi connectivity index (χ1n) is 10.4. The van der Waals surface area contributed by atoms with E-state index in [0.29, 0.717) is 42.9 Å². The van der Waals surface area contributed by atoms with Crippen LogP contribution in [0.1, 0.15) is 17.4 Å². The molecule has 3 aromatic rings. The van der Waals surface area contributed by atoms with E-state index in [-0.39, 0.29) is 23.2 Å². The fraction of sp³-hybridized carbons (Fsp3) is 0.400. The van der Waals surface area contributed by atoms with Crippen LogP contribution in [0.2, 0.25) is 0 Å². The minimum atomic E-state index is -4.53. The molecule has 4 heterocycles. The molecule has 0 saturated carbocycles. The lowest BCUT2D eigenvalue weighted by Gasteiger charge is -2.26. The number of nitrogens with one attached hydrogen (secondary N) is 4. The monoisotopic (exact) mass is 479 g/mol. The first kappa shape index (κ1) is 23.4. The molecule has 4 rings (SSSR count). The molecule has 14 heteroatoms. The molecule has 0 aromatic carbocycles. The number of halogens is 3. The largest absolute Gasteiger partial charge is 0.405 e. The van der Waals surface area contributed by atoms with Crippen LogP contribution in [0.3, 0.4) is 0 Å². The van der Waals surface area contributed by atoms with E-state index in [9.17, 15) is 22.8 Å². The summed E-state index contributed by atoms with van der Waals surface area (Å²) in [5.41, 5.74) is 1.18. The van der Waals surface area contributed by atoms with E-state index in [2.05, 4.69) is 30.2 Å². The van der Waals surface area contributed by atoms with Gasteiger partial charge in [0.1, 0.15) is 30.3 Å². The standard InChI is InChI=1S/C20H21F3N8O3/c1-11(18(32)26-9-20(21,22)23)28-15-6-14(19(33)31-2-4-34-5-3-31)29-17(30-15)13-8-25-16-12(13)7-24-10-27-16/h6-8,10-11H,2-5,9H2,1H3,(H,26,32)(H,24,25,27)(H,28,29,30)/p+1/t11-/m0/s1. The first-order valence-corrected chi connectivity index (χ1v) is 10.4. The quantitative estimate of drug-likeness (QED) is 0.475. The minimum Gasteiger partial charge on any atom is -0.378 e. The van der Waals surface area contributed by atoms with Gasteiger partial charge in [-0.05, 0) is 11.9 Å². The SMILES string of the molecule is C[C@H](Nc1cc(C(=O)N2CCOCC2)nc(-c2c[nH]c3nc[nH+]cc23)n1)C(=O)NCC(F)(F)F. The van der Waals surface area contributed by atoms with Crippen LogP contribution in [0.15, 0.2) is 24.8 Å². The van der Waals surface area contributed by atoms with Gasteiger partial charge in [0.25, 0.3) is 17.9 Å². The van der Waals surface area contributed by atoms with Crippen LogP contribution in [-0.4, -0.2) is 81.7 Å². The number of aromatic amines is 2. The maximum atomic E-state index is 13.1. The fourth-order valence-corrected chi connectivity index (χ4v) is 3.39. The topological polar surface area (TPSA) is 139 Å². The summed E-state index contributed by atoms with van der Waals surface area (Å²) in [5.74, 6) is -0.936. The average Bonchev–Trinajstić information content (AvgIpc) is 3.26. The van der Waals surface area contributed by atoms with Crippen molar-refractivity contribution in [3.63, 3.8) is 0 Å². The molecule has 0 unspecified atom stereocenters. The summed E-state index contributed by atoms with van der Waals surface area (Å²) < 4.78 is 42.6. The zero-order valence-electron chi connectivity index (χ0n) is 18.1. The summed E-state index contributed by atoms with van der Waals surface area (Å²) in [5, 5.41) is 5.26. The number of H-pyrrole nitrogens is 2. The summed E-state index contributed by atoms with van der Waals surface area (Å²) in [7, 11) is 0. The zero-order valence-corrected chi connectivity index (χ0v) is 18.1. The van der Waals surface area contributed by atoms with E-state index in [0.717, 1.165) is 0 Å². The minimum absolute atomic E-state index is 0.0690. The molecule has 1 atom stereocenters. The molecule has 0 radical (unpaired) electrons. The second-order valence-electron chi connectivity index (χ2n) is 7.60.